The van der Waals surface area contributed by atoms with E-state index in [-0.39, 0.29) is 24.7 Å². The molecule has 2 aromatic rings. The predicted octanol–water partition coefficient (Wildman–Crippen LogP) is 7.18. The molecule has 2 aromatic carbocycles. The molecule has 0 aromatic heterocycles. The van der Waals surface area contributed by atoms with Gasteiger partial charge in [-0.2, -0.15) is 26.3 Å². The molecule has 3 rings (SSSR count). The molecule has 0 fully saturated rings. The van der Waals surface area contributed by atoms with Crippen molar-refractivity contribution in [2.75, 3.05) is 18.6 Å². The zero-order valence-corrected chi connectivity index (χ0v) is 20.3. The minimum Gasteiger partial charge on any atom is -0.453 e. The number of amides is 2. The van der Waals surface area contributed by atoms with Gasteiger partial charge in [0.1, 0.15) is 0 Å². The van der Waals surface area contributed by atoms with Gasteiger partial charge in [0.05, 0.1) is 36.6 Å². The summed E-state index contributed by atoms with van der Waals surface area (Å²) in [5.74, 6) is 0. The molecule has 2 amide bonds. The van der Waals surface area contributed by atoms with Crippen LogP contribution in [0.15, 0.2) is 42.5 Å². The molecule has 0 unspecified atom stereocenters. The van der Waals surface area contributed by atoms with E-state index < -0.39 is 54.3 Å². The third kappa shape index (κ3) is 6.11. The molecular weight excluding hydrogens is 506 g/mol. The van der Waals surface area contributed by atoms with Crippen molar-refractivity contribution in [2.45, 2.75) is 57.7 Å². The molecule has 0 aliphatic carbocycles. The van der Waals surface area contributed by atoms with Crippen LogP contribution in [-0.4, -0.2) is 36.8 Å². The Kier molecular flexibility index (Phi) is 8.28. The van der Waals surface area contributed by atoms with Crippen LogP contribution in [0, 0.1) is 0 Å². The van der Waals surface area contributed by atoms with Crippen molar-refractivity contribution in [3.8, 4) is 0 Å². The maximum Gasteiger partial charge on any atom is 0.416 e. The van der Waals surface area contributed by atoms with E-state index in [1.807, 2.05) is 6.92 Å². The molecule has 37 heavy (non-hydrogen) atoms. The summed E-state index contributed by atoms with van der Waals surface area (Å²) in [7, 11) is 1.07. The zero-order chi connectivity index (χ0) is 27.5. The molecule has 1 aliphatic rings. The molecule has 0 spiro atoms. The van der Waals surface area contributed by atoms with Gasteiger partial charge in [-0.1, -0.05) is 25.1 Å². The second-order valence-electron chi connectivity index (χ2n) is 8.45. The second-order valence-corrected chi connectivity index (χ2v) is 8.45. The molecule has 1 heterocycles. The number of ether oxygens (including phenoxy) is 2. The van der Waals surface area contributed by atoms with Crippen LogP contribution in [-0.2, 0) is 28.4 Å². The normalized spacial score (nSPS) is 17.7. The monoisotopic (exact) mass is 532 g/mol. The molecule has 0 saturated heterocycles. The van der Waals surface area contributed by atoms with Gasteiger partial charge < -0.3 is 9.47 Å². The fourth-order valence-electron chi connectivity index (χ4n) is 4.49. The van der Waals surface area contributed by atoms with Gasteiger partial charge in [-0.25, -0.2) is 9.59 Å². The highest BCUT2D eigenvalue weighted by Crippen LogP contribution is 2.43. The molecular formula is C25H26F6N2O4. The van der Waals surface area contributed by atoms with E-state index in [1.54, 1.807) is 31.2 Å². The first-order valence-corrected chi connectivity index (χ1v) is 11.5. The maximum absolute atomic E-state index is 13.4. The zero-order valence-electron chi connectivity index (χ0n) is 20.3. The Balaban J connectivity index is 2.11. The summed E-state index contributed by atoms with van der Waals surface area (Å²) >= 11 is 0. The summed E-state index contributed by atoms with van der Waals surface area (Å²) in [6.07, 6.45) is -11.0. The lowest BCUT2D eigenvalue weighted by atomic mass is 9.88. The van der Waals surface area contributed by atoms with Crippen LogP contribution >= 0.6 is 0 Å². The summed E-state index contributed by atoms with van der Waals surface area (Å²) in [6, 6.07) is 6.55. The Bertz CT molecular complexity index is 1100. The van der Waals surface area contributed by atoms with Gasteiger partial charge in [0, 0.05) is 12.6 Å². The smallest absolute Gasteiger partial charge is 0.416 e. The average molecular weight is 532 g/mol. The Hall–Kier alpha value is -3.44. The van der Waals surface area contributed by atoms with Crippen molar-refractivity contribution < 1.29 is 45.4 Å². The molecule has 6 nitrogen and oxygen atoms in total. The fourth-order valence-corrected chi connectivity index (χ4v) is 4.49. The largest absolute Gasteiger partial charge is 0.453 e. The van der Waals surface area contributed by atoms with Crippen LogP contribution in [0.25, 0.3) is 0 Å². The summed E-state index contributed by atoms with van der Waals surface area (Å²) in [6.45, 7) is 3.00. The maximum atomic E-state index is 13.4. The van der Waals surface area contributed by atoms with Crippen LogP contribution in [0.4, 0.5) is 41.6 Å². The number of methoxy groups -OCH3 is 1. The highest BCUT2D eigenvalue weighted by Gasteiger charge is 2.41. The van der Waals surface area contributed by atoms with E-state index in [2.05, 4.69) is 0 Å². The number of fused-ring (bicyclic) bond motifs is 1. The van der Waals surface area contributed by atoms with E-state index in [0.29, 0.717) is 29.8 Å². The molecule has 0 saturated carbocycles. The van der Waals surface area contributed by atoms with E-state index in [4.69, 9.17) is 9.47 Å². The van der Waals surface area contributed by atoms with Gasteiger partial charge in [-0.3, -0.25) is 9.80 Å². The number of benzene rings is 2. The summed E-state index contributed by atoms with van der Waals surface area (Å²) in [5.41, 5.74) is -2.42. The third-order valence-corrected chi connectivity index (χ3v) is 6.14. The number of nitrogens with zero attached hydrogens (tertiary/aromatic N) is 2. The number of alkyl halides is 6. The number of rotatable bonds is 5. The first kappa shape index (κ1) is 28.1. The van der Waals surface area contributed by atoms with Gasteiger partial charge in [0.15, 0.2) is 0 Å². The first-order chi connectivity index (χ1) is 17.3. The minimum atomic E-state index is -5.03. The molecule has 0 radical (unpaired) electrons. The predicted molar refractivity (Wildman–Crippen MR) is 122 cm³/mol. The van der Waals surface area contributed by atoms with Crippen LogP contribution in [0.3, 0.4) is 0 Å². The summed E-state index contributed by atoms with van der Waals surface area (Å²) in [5, 5.41) is 0. The fraction of sp³-hybridized carbons (Fsp3) is 0.440. The lowest BCUT2D eigenvalue weighted by molar-refractivity contribution is -0.143. The Morgan fingerprint density at radius 2 is 1.59 bits per heavy atom. The SMILES string of the molecule is CCOC(=O)N1c2ccccc2[C@@H](N(Cc2cc(C(F)(F)F)cc(C(F)(F)F)c2)C(=O)OC)C[C@H]1CC. The number of halogens is 6. The molecule has 1 aliphatic heterocycles. The molecule has 2 atom stereocenters. The van der Waals surface area contributed by atoms with Crippen molar-refractivity contribution >= 4 is 17.9 Å². The van der Waals surface area contributed by atoms with Gasteiger partial charge in [0.25, 0.3) is 0 Å². The number of hydrogen-bond donors (Lipinski definition) is 0. The number of carbonyl (C=O) groups is 2. The van der Waals surface area contributed by atoms with Gasteiger partial charge in [0.2, 0.25) is 0 Å². The van der Waals surface area contributed by atoms with E-state index in [1.165, 1.54) is 4.90 Å². The van der Waals surface area contributed by atoms with Crippen LogP contribution in [0.1, 0.15) is 55.0 Å². The number of carbonyl (C=O) groups excluding carboxylic acids is 2. The van der Waals surface area contributed by atoms with Crippen LogP contribution in [0.2, 0.25) is 0 Å². The van der Waals surface area contributed by atoms with Gasteiger partial charge in [-0.05, 0) is 55.2 Å². The average Bonchev–Trinajstić information content (AvgIpc) is 2.84. The van der Waals surface area contributed by atoms with Gasteiger partial charge >= 0.3 is 24.5 Å². The highest BCUT2D eigenvalue weighted by atomic mass is 19.4. The number of anilines is 1. The number of hydrogen-bond acceptors (Lipinski definition) is 4. The number of para-hydroxylation sites is 1. The second kappa shape index (κ2) is 10.9. The van der Waals surface area contributed by atoms with E-state index >= 15 is 0 Å². The Labute approximate surface area is 209 Å². The van der Waals surface area contributed by atoms with Crippen molar-refractivity contribution in [1.82, 2.24) is 4.90 Å². The quantitative estimate of drug-likeness (QED) is 0.383. The van der Waals surface area contributed by atoms with Gasteiger partial charge in [-0.15, -0.1) is 0 Å². The summed E-state index contributed by atoms with van der Waals surface area (Å²) in [4.78, 5) is 28.1. The standard InChI is InChI=1S/C25H26F6N2O4/c1-4-18-13-21(19-8-6-7-9-20(19)33(18)23(35)37-5-2)32(22(34)36-3)14-15-10-16(24(26,27)28)12-17(11-15)25(29,30)31/h6-12,18,21H,4-5,13-14H2,1-3H3/t18-,21+/m1/s1. The lowest BCUT2D eigenvalue weighted by Crippen LogP contribution is -2.48. The minimum absolute atomic E-state index is 0.0340. The Morgan fingerprint density at radius 3 is 2.11 bits per heavy atom. The molecule has 0 bridgehead atoms. The Morgan fingerprint density at radius 1 is 1.00 bits per heavy atom. The van der Waals surface area contributed by atoms with E-state index in [0.717, 1.165) is 12.0 Å². The topological polar surface area (TPSA) is 59.1 Å². The van der Waals surface area contributed by atoms with Crippen molar-refractivity contribution in [3.63, 3.8) is 0 Å². The van der Waals surface area contributed by atoms with Crippen LogP contribution in [0.5, 0.6) is 0 Å². The van der Waals surface area contributed by atoms with E-state index in [9.17, 15) is 35.9 Å². The van der Waals surface area contributed by atoms with Crippen molar-refractivity contribution in [2.24, 2.45) is 0 Å². The highest BCUT2D eigenvalue weighted by molar-refractivity contribution is 5.90. The lowest BCUT2D eigenvalue weighted by Gasteiger charge is -2.43. The molecule has 202 valence electrons. The molecule has 12 heteroatoms. The first-order valence-electron chi connectivity index (χ1n) is 11.5. The van der Waals surface area contributed by atoms with Crippen molar-refractivity contribution in [1.29, 1.82) is 0 Å². The molecule has 0 N–H and O–H groups in total. The van der Waals surface area contributed by atoms with Crippen molar-refractivity contribution in [3.05, 3.63) is 64.7 Å². The third-order valence-electron chi connectivity index (χ3n) is 6.14. The summed E-state index contributed by atoms with van der Waals surface area (Å²) < 4.78 is 90.5. The van der Waals surface area contributed by atoms with Crippen LogP contribution < -0.4 is 4.90 Å².